The highest BCUT2D eigenvalue weighted by atomic mass is 79.9. The highest BCUT2D eigenvalue weighted by Crippen LogP contribution is 2.27. The minimum atomic E-state index is -4.07. The van der Waals surface area contributed by atoms with Crippen LogP contribution in [0.2, 0.25) is 0 Å². The number of nitrogens with one attached hydrogen (secondary N) is 1. The summed E-state index contributed by atoms with van der Waals surface area (Å²) in [5.74, 6) is -0.836. The number of carbonyl (C=O) groups excluding carboxylic acids is 2. The zero-order chi connectivity index (χ0) is 26.5. The molecule has 36 heavy (non-hydrogen) atoms. The molecule has 1 N–H and O–H groups in total. The Hall–Kier alpha value is -3.17. The number of hydrogen-bond acceptors (Lipinski definition) is 4. The van der Waals surface area contributed by atoms with Gasteiger partial charge in [0.25, 0.3) is 10.0 Å². The topological polar surface area (TPSA) is 86.8 Å². The van der Waals surface area contributed by atoms with E-state index in [4.69, 9.17) is 0 Å². The molecule has 0 spiro atoms. The molecule has 3 rings (SSSR count). The van der Waals surface area contributed by atoms with E-state index in [0.29, 0.717) is 11.3 Å². The summed E-state index contributed by atoms with van der Waals surface area (Å²) in [6.45, 7) is 4.98. The monoisotopic (exact) mass is 571 g/mol. The van der Waals surface area contributed by atoms with Gasteiger partial charge in [0.05, 0.1) is 10.6 Å². The van der Waals surface area contributed by atoms with E-state index in [1.165, 1.54) is 24.1 Å². The first-order valence-electron chi connectivity index (χ1n) is 11.4. The molecule has 190 valence electrons. The number of sulfonamides is 1. The van der Waals surface area contributed by atoms with Gasteiger partial charge in [-0.25, -0.2) is 8.42 Å². The molecule has 9 heteroatoms. The molecule has 0 aliphatic heterocycles. The first-order valence-corrected chi connectivity index (χ1v) is 13.7. The van der Waals surface area contributed by atoms with Gasteiger partial charge in [-0.3, -0.25) is 13.9 Å². The molecule has 1 atom stereocenters. The van der Waals surface area contributed by atoms with Gasteiger partial charge in [0.15, 0.2) is 0 Å². The predicted molar refractivity (Wildman–Crippen MR) is 145 cm³/mol. The summed E-state index contributed by atoms with van der Waals surface area (Å²) in [4.78, 5) is 27.7. The van der Waals surface area contributed by atoms with Gasteiger partial charge in [-0.2, -0.15) is 0 Å². The summed E-state index contributed by atoms with van der Waals surface area (Å²) in [7, 11) is -2.57. The van der Waals surface area contributed by atoms with Crippen LogP contribution in [0.4, 0.5) is 5.69 Å². The van der Waals surface area contributed by atoms with Crippen LogP contribution in [0.5, 0.6) is 0 Å². The molecule has 0 fully saturated rings. The molecule has 0 saturated carbocycles. The van der Waals surface area contributed by atoms with Crippen molar-refractivity contribution in [1.82, 2.24) is 10.2 Å². The number of anilines is 1. The van der Waals surface area contributed by atoms with Gasteiger partial charge in [-0.1, -0.05) is 64.0 Å². The Kier molecular flexibility index (Phi) is 8.92. The number of likely N-dealkylation sites (N-methyl/N-ethyl adjacent to an activating group) is 1. The van der Waals surface area contributed by atoms with E-state index >= 15 is 0 Å². The van der Waals surface area contributed by atoms with E-state index < -0.39 is 28.5 Å². The molecule has 0 saturated heterocycles. The quantitative estimate of drug-likeness (QED) is 0.411. The van der Waals surface area contributed by atoms with Crippen LogP contribution in [0.1, 0.15) is 23.6 Å². The Bertz CT molecular complexity index is 1330. The maximum absolute atomic E-state index is 13.8. The zero-order valence-electron chi connectivity index (χ0n) is 20.7. The van der Waals surface area contributed by atoms with Crippen molar-refractivity contribution in [3.8, 4) is 0 Å². The van der Waals surface area contributed by atoms with E-state index in [-0.39, 0.29) is 17.3 Å². The maximum Gasteiger partial charge on any atom is 0.264 e. The third-order valence-electron chi connectivity index (χ3n) is 5.95. The number of hydrogen-bond donors (Lipinski definition) is 1. The fraction of sp³-hybridized carbons (Fsp3) is 0.259. The van der Waals surface area contributed by atoms with Crippen molar-refractivity contribution in [2.24, 2.45) is 0 Å². The average Bonchev–Trinajstić information content (AvgIpc) is 2.86. The minimum Gasteiger partial charge on any atom is -0.357 e. The number of aryl methyl sites for hydroxylation is 2. The second-order valence-corrected chi connectivity index (χ2v) is 11.3. The van der Waals surface area contributed by atoms with Crippen molar-refractivity contribution in [1.29, 1.82) is 0 Å². The number of benzene rings is 3. The third-order valence-corrected chi connectivity index (χ3v) is 8.25. The van der Waals surface area contributed by atoms with Crippen LogP contribution in [-0.2, 0) is 26.2 Å². The number of rotatable bonds is 9. The SMILES string of the molecule is CNC(=O)C(C)N(Cc1ccc(Br)cc1)C(=O)CN(c1ccccc1C)S(=O)(=O)c1ccc(C)cc1. The van der Waals surface area contributed by atoms with E-state index in [0.717, 1.165) is 19.9 Å². The lowest BCUT2D eigenvalue weighted by Crippen LogP contribution is -2.50. The largest absolute Gasteiger partial charge is 0.357 e. The second-order valence-electron chi connectivity index (χ2n) is 8.55. The van der Waals surface area contributed by atoms with Crippen LogP contribution >= 0.6 is 15.9 Å². The van der Waals surface area contributed by atoms with Crippen LogP contribution < -0.4 is 9.62 Å². The van der Waals surface area contributed by atoms with E-state index in [1.807, 2.05) is 37.3 Å². The molecule has 0 aliphatic carbocycles. The number of halogens is 1. The fourth-order valence-electron chi connectivity index (χ4n) is 3.77. The summed E-state index contributed by atoms with van der Waals surface area (Å²) < 4.78 is 29.6. The van der Waals surface area contributed by atoms with Crippen LogP contribution in [0.25, 0.3) is 0 Å². The summed E-state index contributed by atoms with van der Waals surface area (Å²) in [5, 5.41) is 2.58. The highest BCUT2D eigenvalue weighted by Gasteiger charge is 2.32. The summed E-state index contributed by atoms with van der Waals surface area (Å²) >= 11 is 3.40. The molecule has 2 amide bonds. The van der Waals surface area contributed by atoms with Crippen LogP contribution in [0, 0.1) is 13.8 Å². The minimum absolute atomic E-state index is 0.0861. The molecular formula is C27H30BrN3O4S. The molecule has 1 unspecified atom stereocenters. The van der Waals surface area contributed by atoms with Gasteiger partial charge in [0.2, 0.25) is 11.8 Å². The van der Waals surface area contributed by atoms with Crippen LogP contribution in [0.3, 0.4) is 0 Å². The van der Waals surface area contributed by atoms with Gasteiger partial charge in [-0.05, 0) is 62.2 Å². The summed E-state index contributed by atoms with van der Waals surface area (Å²) in [6.07, 6.45) is 0. The Labute approximate surface area is 221 Å². The smallest absolute Gasteiger partial charge is 0.264 e. The third kappa shape index (κ3) is 6.33. The number of nitrogens with zero attached hydrogens (tertiary/aromatic N) is 2. The lowest BCUT2D eigenvalue weighted by atomic mass is 10.1. The molecule has 3 aromatic carbocycles. The van der Waals surface area contributed by atoms with Crippen LogP contribution in [0.15, 0.2) is 82.2 Å². The van der Waals surface area contributed by atoms with Gasteiger partial charge < -0.3 is 10.2 Å². The fourth-order valence-corrected chi connectivity index (χ4v) is 5.52. The van der Waals surface area contributed by atoms with E-state index in [2.05, 4.69) is 21.2 Å². The van der Waals surface area contributed by atoms with Gasteiger partial charge in [-0.15, -0.1) is 0 Å². The molecule has 0 aliphatic rings. The lowest BCUT2D eigenvalue weighted by molar-refractivity contribution is -0.139. The Morgan fingerprint density at radius 3 is 2.14 bits per heavy atom. The van der Waals surface area contributed by atoms with Gasteiger partial charge >= 0.3 is 0 Å². The molecule has 0 aromatic heterocycles. The predicted octanol–water partition coefficient (Wildman–Crippen LogP) is 4.42. The van der Waals surface area contributed by atoms with Gasteiger partial charge in [0, 0.05) is 18.1 Å². The molecule has 0 bridgehead atoms. The molecule has 7 nitrogen and oxygen atoms in total. The van der Waals surface area contributed by atoms with E-state index in [9.17, 15) is 18.0 Å². The zero-order valence-corrected chi connectivity index (χ0v) is 23.1. The summed E-state index contributed by atoms with van der Waals surface area (Å²) in [5.41, 5.74) is 2.85. The molecular weight excluding hydrogens is 542 g/mol. The van der Waals surface area contributed by atoms with Crippen LogP contribution in [-0.4, -0.2) is 44.8 Å². The Balaban J connectivity index is 2.04. The number of amides is 2. The Morgan fingerprint density at radius 1 is 0.944 bits per heavy atom. The first kappa shape index (κ1) is 27.4. The maximum atomic E-state index is 13.8. The standard InChI is InChI=1S/C27H30BrN3O4S/c1-19-9-15-24(16-10-19)36(34,35)31(25-8-6-5-7-20(25)2)18-26(32)30(21(3)27(33)29-4)17-22-11-13-23(28)14-12-22/h5-16,21H,17-18H2,1-4H3,(H,29,33). The van der Waals surface area contributed by atoms with Crippen molar-refractivity contribution in [2.45, 2.75) is 38.3 Å². The lowest BCUT2D eigenvalue weighted by Gasteiger charge is -2.32. The van der Waals surface area contributed by atoms with Gasteiger partial charge in [0.1, 0.15) is 12.6 Å². The Morgan fingerprint density at radius 2 is 1.56 bits per heavy atom. The second kappa shape index (κ2) is 11.7. The normalized spacial score (nSPS) is 12.0. The number of carbonyl (C=O) groups is 2. The average molecular weight is 573 g/mol. The molecule has 3 aromatic rings. The van der Waals surface area contributed by atoms with Crippen molar-refractivity contribution in [3.05, 3.63) is 94.0 Å². The number of para-hydroxylation sites is 1. The van der Waals surface area contributed by atoms with E-state index in [1.54, 1.807) is 44.2 Å². The summed E-state index contributed by atoms with van der Waals surface area (Å²) in [6, 6.07) is 20.1. The first-order chi connectivity index (χ1) is 17.0. The highest BCUT2D eigenvalue weighted by molar-refractivity contribution is 9.10. The van der Waals surface area contributed by atoms with Crippen molar-refractivity contribution in [3.63, 3.8) is 0 Å². The molecule has 0 radical (unpaired) electrons. The van der Waals surface area contributed by atoms with Crippen molar-refractivity contribution >= 4 is 43.5 Å². The molecule has 0 heterocycles. The van der Waals surface area contributed by atoms with Crippen molar-refractivity contribution in [2.75, 3.05) is 17.9 Å². The van der Waals surface area contributed by atoms with Crippen molar-refractivity contribution < 1.29 is 18.0 Å².